The van der Waals surface area contributed by atoms with Gasteiger partial charge in [0.2, 0.25) is 0 Å². The van der Waals surface area contributed by atoms with Crippen molar-refractivity contribution in [2.24, 2.45) is 0 Å². The zero-order chi connectivity index (χ0) is 26.4. The maximum atomic E-state index is 12.1. The van der Waals surface area contributed by atoms with E-state index in [1.54, 1.807) is 0 Å². The number of aliphatic hydroxyl groups is 2. The topological polar surface area (TPSA) is 273 Å². The molecule has 6 atom stereocenters. The Morgan fingerprint density at radius 3 is 2.49 bits per heavy atom. The summed E-state index contributed by atoms with van der Waals surface area (Å²) in [6, 6.07) is 0. The Labute approximate surface area is 194 Å². The molecule has 0 bridgehead atoms. The molecular formula is C14H19N4O14P3. The van der Waals surface area contributed by atoms with E-state index in [1.165, 1.54) is 13.8 Å². The summed E-state index contributed by atoms with van der Waals surface area (Å²) in [5, 5.41) is 21.7. The average Bonchev–Trinajstić information content (AvgIpc) is 3.17. The zero-order valence-corrected chi connectivity index (χ0v) is 20.3. The van der Waals surface area contributed by atoms with Gasteiger partial charge < -0.3 is 39.5 Å². The van der Waals surface area contributed by atoms with E-state index in [9.17, 15) is 38.5 Å². The predicted octanol–water partition coefficient (Wildman–Crippen LogP) is -1.22. The molecule has 1 aliphatic rings. The minimum Gasteiger partial charge on any atom is -0.386 e. The molecule has 1 saturated heterocycles. The molecule has 3 unspecified atom stereocenters. The molecule has 18 nitrogen and oxygen atoms in total. The van der Waals surface area contributed by atoms with E-state index in [2.05, 4.69) is 39.9 Å². The highest BCUT2D eigenvalue weighted by Gasteiger charge is 2.57. The Balaban J connectivity index is 1.87. The quantitative estimate of drug-likeness (QED) is 0.147. The van der Waals surface area contributed by atoms with Crippen molar-refractivity contribution < 1.29 is 61.4 Å². The van der Waals surface area contributed by atoms with Crippen LogP contribution >= 0.6 is 23.5 Å². The number of nitrogens with one attached hydrogen (secondary N) is 1. The van der Waals surface area contributed by atoms with Crippen LogP contribution in [0.2, 0.25) is 0 Å². The highest BCUT2D eigenvalue weighted by atomic mass is 31.3. The summed E-state index contributed by atoms with van der Waals surface area (Å²) >= 11 is 0. The molecule has 21 heteroatoms. The third-order valence-corrected chi connectivity index (χ3v) is 8.23. The number of nitrogens with zero attached hydrogens (tertiary/aromatic N) is 3. The van der Waals surface area contributed by atoms with Gasteiger partial charge in [-0.15, -0.1) is 5.92 Å². The van der Waals surface area contributed by atoms with Gasteiger partial charge in [0.05, 0.1) is 12.9 Å². The number of ether oxygens (including phenoxy) is 1. The van der Waals surface area contributed by atoms with Crippen LogP contribution in [0, 0.1) is 18.8 Å². The summed E-state index contributed by atoms with van der Waals surface area (Å²) in [6.45, 7) is 1.75. The number of aromatic nitrogens is 4. The van der Waals surface area contributed by atoms with Crippen molar-refractivity contribution in [2.45, 2.75) is 37.9 Å². The Morgan fingerprint density at radius 1 is 1.23 bits per heavy atom. The Bertz CT molecular complexity index is 1390. The van der Waals surface area contributed by atoms with Crippen molar-refractivity contribution in [1.29, 1.82) is 0 Å². The van der Waals surface area contributed by atoms with Gasteiger partial charge >= 0.3 is 23.5 Å². The van der Waals surface area contributed by atoms with E-state index < -0.39 is 59.7 Å². The minimum atomic E-state index is -5.77. The van der Waals surface area contributed by atoms with Gasteiger partial charge in [0.1, 0.15) is 18.0 Å². The predicted molar refractivity (Wildman–Crippen MR) is 111 cm³/mol. The molecule has 1 aliphatic heterocycles. The first kappa shape index (κ1) is 27.8. The molecule has 0 amide bonds. The summed E-state index contributed by atoms with van der Waals surface area (Å²) in [5.74, 6) is 4.94. The van der Waals surface area contributed by atoms with Gasteiger partial charge in [0.25, 0.3) is 5.56 Å². The molecule has 0 saturated carbocycles. The Hall–Kier alpha value is -1.80. The van der Waals surface area contributed by atoms with Crippen LogP contribution in [0.15, 0.2) is 11.1 Å². The van der Waals surface area contributed by atoms with Crippen molar-refractivity contribution in [3.8, 4) is 11.8 Å². The Kier molecular flexibility index (Phi) is 7.60. The lowest BCUT2D eigenvalue weighted by Gasteiger charge is -2.26. The second-order valence-electron chi connectivity index (χ2n) is 7.03. The second kappa shape index (κ2) is 9.58. The number of aliphatic hydroxyl groups excluding tert-OH is 1. The number of phosphoric ester groups is 1. The number of imidazole rings is 1. The van der Waals surface area contributed by atoms with Crippen LogP contribution in [0.5, 0.6) is 0 Å². The van der Waals surface area contributed by atoms with Crippen LogP contribution < -0.4 is 5.56 Å². The van der Waals surface area contributed by atoms with Gasteiger partial charge in [-0.3, -0.25) is 13.9 Å². The fourth-order valence-corrected chi connectivity index (χ4v) is 6.23. The van der Waals surface area contributed by atoms with Gasteiger partial charge in [-0.25, -0.2) is 23.7 Å². The van der Waals surface area contributed by atoms with Crippen LogP contribution in [-0.2, 0) is 31.6 Å². The van der Waals surface area contributed by atoms with Crippen LogP contribution in [-0.4, -0.2) is 73.7 Å². The summed E-state index contributed by atoms with van der Waals surface area (Å²) in [6.07, 6.45) is -4.04. The summed E-state index contributed by atoms with van der Waals surface area (Å²) in [4.78, 5) is 58.5. The number of aromatic amines is 1. The number of rotatable bonds is 8. The van der Waals surface area contributed by atoms with Crippen molar-refractivity contribution in [2.75, 3.05) is 6.61 Å². The van der Waals surface area contributed by atoms with Crippen molar-refractivity contribution >= 4 is 34.6 Å². The smallest absolute Gasteiger partial charge is 0.386 e. The standard InChI is InChI=1S/C14H19N4O14P3/c1-3-4-14(21)10(19)8(5-29-34(25,26)32-35(27,28)31-33(22,23)24)30-13(14)18-6-15-9-11(18)16-7(2)17-12(9)20/h6,8,10,13,19,21H,5H2,1-2H3,(H,25,26)(H,27,28)(H,16,17,20)(H2,22,23,24)/t8-,10+,13-,14?/m1/s1. The molecular weight excluding hydrogens is 541 g/mol. The molecule has 35 heavy (non-hydrogen) atoms. The molecule has 0 aromatic carbocycles. The zero-order valence-electron chi connectivity index (χ0n) is 17.6. The van der Waals surface area contributed by atoms with E-state index in [1.807, 2.05) is 0 Å². The molecule has 1 fully saturated rings. The maximum absolute atomic E-state index is 12.1. The van der Waals surface area contributed by atoms with Crippen LogP contribution in [0.3, 0.4) is 0 Å². The molecule has 2 aromatic heterocycles. The summed E-state index contributed by atoms with van der Waals surface area (Å²) in [5.41, 5.74) is -3.16. The molecule has 0 aliphatic carbocycles. The third kappa shape index (κ3) is 6.13. The highest BCUT2D eigenvalue weighted by molar-refractivity contribution is 7.66. The normalized spacial score (nSPS) is 28.3. The van der Waals surface area contributed by atoms with Crippen LogP contribution in [0.4, 0.5) is 0 Å². The SMILES string of the molecule is CC#CC1(O)[C@@H](O)[C@@H](COP(=O)(O)OP(=O)(O)OP(=O)(O)O)O[C@H]1n1cnc2c(=O)[nH]c(C)nc21. The number of hydrogen-bond acceptors (Lipinski definition) is 12. The lowest BCUT2D eigenvalue weighted by atomic mass is 9.94. The first-order valence-corrected chi connectivity index (χ1v) is 13.7. The lowest BCUT2D eigenvalue weighted by Crippen LogP contribution is -2.46. The molecule has 3 rings (SSSR count). The fraction of sp³-hybridized carbons (Fsp3) is 0.500. The van der Waals surface area contributed by atoms with Crippen molar-refractivity contribution in [1.82, 2.24) is 19.5 Å². The van der Waals surface area contributed by atoms with Crippen LogP contribution in [0.25, 0.3) is 11.2 Å². The second-order valence-corrected chi connectivity index (χ2v) is 11.5. The number of hydrogen-bond donors (Lipinski definition) is 7. The van der Waals surface area contributed by atoms with E-state index in [4.69, 9.17) is 14.5 Å². The fourth-order valence-electron chi connectivity index (χ4n) is 3.20. The molecule has 2 aromatic rings. The van der Waals surface area contributed by atoms with Gasteiger partial charge in [-0.1, -0.05) is 5.92 Å². The average molecular weight is 560 g/mol. The molecule has 0 spiro atoms. The maximum Gasteiger partial charge on any atom is 0.490 e. The Morgan fingerprint density at radius 2 is 1.89 bits per heavy atom. The number of aryl methyl sites for hydroxylation is 1. The summed E-state index contributed by atoms with van der Waals surface area (Å²) < 4.78 is 52.5. The molecule has 0 radical (unpaired) electrons. The van der Waals surface area contributed by atoms with Gasteiger partial charge in [0, 0.05) is 0 Å². The lowest BCUT2D eigenvalue weighted by molar-refractivity contribution is -0.0718. The number of H-pyrrole nitrogens is 1. The van der Waals surface area contributed by atoms with E-state index in [-0.39, 0.29) is 17.0 Å². The van der Waals surface area contributed by atoms with Gasteiger partial charge in [0.15, 0.2) is 23.0 Å². The minimum absolute atomic E-state index is 0.0479. The molecule has 194 valence electrons. The third-order valence-electron chi connectivity index (χ3n) is 4.43. The van der Waals surface area contributed by atoms with Crippen LogP contribution in [0.1, 0.15) is 19.0 Å². The van der Waals surface area contributed by atoms with E-state index in [0.717, 1.165) is 10.9 Å². The van der Waals surface area contributed by atoms with E-state index >= 15 is 0 Å². The van der Waals surface area contributed by atoms with Gasteiger partial charge in [-0.2, -0.15) is 8.62 Å². The van der Waals surface area contributed by atoms with Crippen molar-refractivity contribution in [3.63, 3.8) is 0 Å². The highest BCUT2D eigenvalue weighted by Crippen LogP contribution is 2.66. The molecule has 3 heterocycles. The van der Waals surface area contributed by atoms with Gasteiger partial charge in [-0.05, 0) is 13.8 Å². The first-order chi connectivity index (χ1) is 16.0. The number of phosphoric acid groups is 3. The largest absolute Gasteiger partial charge is 0.490 e. The first-order valence-electron chi connectivity index (χ1n) is 9.19. The summed E-state index contributed by atoms with van der Waals surface area (Å²) in [7, 11) is -16.9. The number of fused-ring (bicyclic) bond motifs is 1. The molecule has 7 N–H and O–H groups in total. The van der Waals surface area contributed by atoms with Crippen molar-refractivity contribution in [3.05, 3.63) is 22.5 Å². The van der Waals surface area contributed by atoms with E-state index in [0.29, 0.717) is 0 Å². The monoisotopic (exact) mass is 560 g/mol.